The third kappa shape index (κ3) is 2.81. The van der Waals surface area contributed by atoms with Crippen molar-refractivity contribution in [2.24, 2.45) is 0 Å². The van der Waals surface area contributed by atoms with Crippen LogP contribution >= 0.6 is 0 Å². The van der Waals surface area contributed by atoms with E-state index in [1.165, 1.54) is 31.6 Å². The Hall–Kier alpha value is -1.07. The summed E-state index contributed by atoms with van der Waals surface area (Å²) in [6.07, 6.45) is 5.53. The summed E-state index contributed by atoms with van der Waals surface area (Å²) in [7, 11) is 3.77. The van der Waals surface area contributed by atoms with Crippen LogP contribution in [0.25, 0.3) is 0 Å². The highest BCUT2D eigenvalue weighted by atomic mass is 16.5. The van der Waals surface area contributed by atoms with Gasteiger partial charge >= 0.3 is 0 Å². The molecule has 1 aliphatic rings. The Kier molecular flexibility index (Phi) is 5.27. The van der Waals surface area contributed by atoms with Crippen molar-refractivity contribution in [2.45, 2.75) is 58.2 Å². The minimum atomic E-state index is 0.0749. The molecule has 2 unspecified atom stereocenters. The molecule has 0 bridgehead atoms. The predicted molar refractivity (Wildman–Crippen MR) is 85.8 cm³/mol. The summed E-state index contributed by atoms with van der Waals surface area (Å²) in [6.45, 7) is 10.0. The number of hydrogen-bond donors (Lipinski definition) is 1. The van der Waals surface area contributed by atoms with Crippen LogP contribution in [0, 0.1) is 0 Å². The molecule has 1 N–H and O–H groups in total. The fraction of sp³-hybridized carbons (Fsp3) is 0.812. The summed E-state index contributed by atoms with van der Waals surface area (Å²) in [4.78, 5) is 2.63. The molecule has 21 heavy (non-hydrogen) atoms. The number of aryl methyl sites for hydroxylation is 1. The number of methoxy groups -OCH3 is 1. The van der Waals surface area contributed by atoms with Crippen LogP contribution in [0.4, 0.5) is 0 Å². The van der Waals surface area contributed by atoms with Gasteiger partial charge in [-0.2, -0.15) is 5.10 Å². The Morgan fingerprint density at radius 1 is 1.38 bits per heavy atom. The van der Waals surface area contributed by atoms with Crippen LogP contribution < -0.4 is 10.1 Å². The van der Waals surface area contributed by atoms with Crippen LogP contribution in [0.1, 0.15) is 51.8 Å². The van der Waals surface area contributed by atoms with Crippen LogP contribution in [-0.4, -0.2) is 47.5 Å². The first-order chi connectivity index (χ1) is 10.1. The molecule has 2 atom stereocenters. The van der Waals surface area contributed by atoms with Gasteiger partial charge in [-0.3, -0.25) is 9.58 Å². The molecule has 0 aromatic carbocycles. The molecule has 0 spiro atoms. The highest BCUT2D eigenvalue weighted by Crippen LogP contribution is 2.39. The van der Waals surface area contributed by atoms with Crippen LogP contribution in [0.15, 0.2) is 6.20 Å². The van der Waals surface area contributed by atoms with Gasteiger partial charge in [-0.25, -0.2) is 0 Å². The Labute approximate surface area is 128 Å². The van der Waals surface area contributed by atoms with Crippen molar-refractivity contribution in [3.8, 4) is 5.75 Å². The van der Waals surface area contributed by atoms with E-state index in [-0.39, 0.29) is 11.6 Å². The number of aromatic nitrogens is 2. The van der Waals surface area contributed by atoms with Gasteiger partial charge in [0.1, 0.15) is 0 Å². The lowest BCUT2D eigenvalue weighted by molar-refractivity contribution is 0.0824. The lowest BCUT2D eigenvalue weighted by Gasteiger charge is -2.44. The van der Waals surface area contributed by atoms with E-state index in [4.69, 9.17) is 4.74 Å². The number of nitrogens with one attached hydrogen (secondary N) is 1. The number of nitrogens with zero attached hydrogens (tertiary/aromatic N) is 3. The van der Waals surface area contributed by atoms with Crippen molar-refractivity contribution in [1.82, 2.24) is 20.0 Å². The van der Waals surface area contributed by atoms with E-state index >= 15 is 0 Å². The second kappa shape index (κ2) is 6.79. The van der Waals surface area contributed by atoms with Gasteiger partial charge in [-0.05, 0) is 53.2 Å². The molecule has 1 aromatic heterocycles. The third-order valence-corrected chi connectivity index (χ3v) is 5.09. The lowest BCUT2D eigenvalue weighted by Crippen LogP contribution is -2.53. The quantitative estimate of drug-likeness (QED) is 0.839. The smallest absolute Gasteiger partial charge is 0.161 e. The minimum absolute atomic E-state index is 0.0749. The zero-order valence-corrected chi connectivity index (χ0v) is 14.1. The van der Waals surface area contributed by atoms with E-state index < -0.39 is 0 Å². The summed E-state index contributed by atoms with van der Waals surface area (Å²) in [5.41, 5.74) is 1.24. The second-order valence-electron chi connectivity index (χ2n) is 6.04. The molecule has 5 heteroatoms. The summed E-state index contributed by atoms with van der Waals surface area (Å²) in [6, 6.07) is 0.206. The average molecular weight is 294 g/mol. The molecule has 1 saturated heterocycles. The fourth-order valence-corrected chi connectivity index (χ4v) is 3.66. The first-order valence-corrected chi connectivity index (χ1v) is 8.14. The van der Waals surface area contributed by atoms with E-state index in [1.807, 2.05) is 13.2 Å². The van der Waals surface area contributed by atoms with Crippen molar-refractivity contribution < 1.29 is 4.74 Å². The fourth-order valence-electron chi connectivity index (χ4n) is 3.66. The summed E-state index contributed by atoms with van der Waals surface area (Å²) < 4.78 is 7.63. The van der Waals surface area contributed by atoms with Gasteiger partial charge in [0.05, 0.1) is 25.0 Å². The Bertz CT molecular complexity index is 432. The van der Waals surface area contributed by atoms with Crippen LogP contribution in [-0.2, 0) is 6.54 Å². The van der Waals surface area contributed by atoms with Crippen molar-refractivity contribution in [3.05, 3.63) is 11.9 Å². The van der Waals surface area contributed by atoms with Crippen molar-refractivity contribution >= 4 is 0 Å². The van der Waals surface area contributed by atoms with Crippen molar-refractivity contribution in [3.63, 3.8) is 0 Å². The Morgan fingerprint density at radius 2 is 2.05 bits per heavy atom. The van der Waals surface area contributed by atoms with E-state index in [2.05, 4.69) is 40.8 Å². The lowest BCUT2D eigenvalue weighted by atomic mass is 9.85. The molecule has 0 aliphatic carbocycles. The molecule has 1 aliphatic heterocycles. The van der Waals surface area contributed by atoms with E-state index in [9.17, 15) is 0 Å². The van der Waals surface area contributed by atoms with Crippen molar-refractivity contribution in [2.75, 3.05) is 27.2 Å². The van der Waals surface area contributed by atoms with Crippen LogP contribution in [0.3, 0.4) is 0 Å². The Morgan fingerprint density at radius 3 is 2.52 bits per heavy atom. The summed E-state index contributed by atoms with van der Waals surface area (Å²) >= 11 is 0. The number of hydrogen-bond acceptors (Lipinski definition) is 4. The first kappa shape index (κ1) is 16.3. The zero-order chi connectivity index (χ0) is 15.5. The van der Waals surface area contributed by atoms with E-state index in [0.717, 1.165) is 18.7 Å². The number of rotatable bonds is 7. The van der Waals surface area contributed by atoms with Crippen LogP contribution in [0.5, 0.6) is 5.75 Å². The molecular weight excluding hydrogens is 264 g/mol. The highest BCUT2D eigenvalue weighted by molar-refractivity contribution is 5.31. The molecule has 5 nitrogen and oxygen atoms in total. The number of likely N-dealkylation sites (tertiary alicyclic amines) is 1. The maximum Gasteiger partial charge on any atom is 0.161 e. The van der Waals surface area contributed by atoms with Crippen molar-refractivity contribution in [1.29, 1.82) is 0 Å². The van der Waals surface area contributed by atoms with Gasteiger partial charge in [0, 0.05) is 12.1 Å². The molecule has 0 radical (unpaired) electrons. The van der Waals surface area contributed by atoms with Gasteiger partial charge < -0.3 is 10.1 Å². The maximum absolute atomic E-state index is 5.57. The topological polar surface area (TPSA) is 42.3 Å². The highest BCUT2D eigenvalue weighted by Gasteiger charge is 2.42. The minimum Gasteiger partial charge on any atom is -0.493 e. The standard InChI is InChI=1S/C16H30N4O/c1-6-16(3,19-10-8-9-11-19)15(17-4)14-13(21-5)12-18-20(14)7-2/h12,15,17H,6-11H2,1-5H3. The Balaban J connectivity index is 2.43. The summed E-state index contributed by atoms with van der Waals surface area (Å²) in [5, 5.41) is 8.02. The van der Waals surface area contributed by atoms with Gasteiger partial charge in [0.2, 0.25) is 0 Å². The van der Waals surface area contributed by atoms with Gasteiger partial charge in [-0.15, -0.1) is 0 Å². The third-order valence-electron chi connectivity index (χ3n) is 5.09. The zero-order valence-electron chi connectivity index (χ0n) is 14.1. The molecule has 2 heterocycles. The molecule has 1 fully saturated rings. The average Bonchev–Trinajstić information content (AvgIpc) is 3.17. The van der Waals surface area contributed by atoms with Gasteiger partial charge in [0.15, 0.2) is 5.75 Å². The van der Waals surface area contributed by atoms with E-state index in [1.54, 1.807) is 7.11 Å². The molecule has 0 saturated carbocycles. The molecule has 0 amide bonds. The maximum atomic E-state index is 5.57. The first-order valence-electron chi connectivity index (χ1n) is 8.14. The van der Waals surface area contributed by atoms with Gasteiger partial charge in [-0.1, -0.05) is 6.92 Å². The SMILES string of the molecule is CCn1ncc(OC)c1C(NC)C(C)(CC)N1CCCC1. The monoisotopic (exact) mass is 294 g/mol. The van der Waals surface area contributed by atoms with Gasteiger partial charge in [0.25, 0.3) is 0 Å². The van der Waals surface area contributed by atoms with Crippen LogP contribution in [0.2, 0.25) is 0 Å². The molecule has 2 rings (SSSR count). The number of ether oxygens (including phenoxy) is 1. The number of likely N-dealkylation sites (N-methyl/N-ethyl adjacent to an activating group) is 1. The summed E-state index contributed by atoms with van der Waals surface area (Å²) in [5.74, 6) is 0.884. The molecular formula is C16H30N4O. The largest absolute Gasteiger partial charge is 0.493 e. The molecule has 1 aromatic rings. The van der Waals surface area contributed by atoms with E-state index in [0.29, 0.717) is 0 Å². The second-order valence-corrected chi connectivity index (χ2v) is 6.04. The predicted octanol–water partition coefficient (Wildman–Crippen LogP) is 2.44. The molecule has 120 valence electrons. The normalized spacial score (nSPS) is 20.4.